The van der Waals surface area contributed by atoms with Gasteiger partial charge in [-0.15, -0.1) is 0 Å². The molecule has 1 atom stereocenters. The zero-order chi connectivity index (χ0) is 23.5. The minimum atomic E-state index is -0.701. The maximum atomic E-state index is 12.6. The molecule has 170 valence electrons. The third kappa shape index (κ3) is 4.87. The number of aryl methyl sites for hydroxylation is 1. The molecule has 3 N–H and O–H groups in total. The summed E-state index contributed by atoms with van der Waals surface area (Å²) in [6.45, 7) is 3.92. The molecule has 4 rings (SSSR count). The van der Waals surface area contributed by atoms with E-state index in [0.717, 1.165) is 22.3 Å². The van der Waals surface area contributed by atoms with E-state index in [0.29, 0.717) is 23.6 Å². The number of hydrogen-bond donors (Lipinski definition) is 3. The molecule has 0 bridgehead atoms. The van der Waals surface area contributed by atoms with Gasteiger partial charge in [0.15, 0.2) is 5.82 Å². The van der Waals surface area contributed by atoms with Crippen LogP contribution in [0.2, 0.25) is 0 Å². The molecule has 0 saturated heterocycles. The first-order chi connectivity index (χ1) is 15.8. The van der Waals surface area contributed by atoms with E-state index in [1.54, 1.807) is 30.3 Å². The zero-order valence-electron chi connectivity index (χ0n) is 18.6. The van der Waals surface area contributed by atoms with Gasteiger partial charge in [-0.1, -0.05) is 18.2 Å². The van der Waals surface area contributed by atoms with E-state index in [1.807, 2.05) is 31.2 Å². The van der Waals surface area contributed by atoms with Crippen molar-refractivity contribution >= 4 is 46.3 Å². The molecule has 1 unspecified atom stereocenters. The monoisotopic (exact) mass is 447 g/mol. The molecule has 9 nitrogen and oxygen atoms in total. The Morgan fingerprint density at radius 3 is 2.88 bits per heavy atom. The van der Waals surface area contributed by atoms with Crippen LogP contribution in [0.4, 0.5) is 11.5 Å². The van der Waals surface area contributed by atoms with E-state index >= 15 is 0 Å². The third-order valence-electron chi connectivity index (χ3n) is 5.46. The van der Waals surface area contributed by atoms with E-state index < -0.39 is 6.04 Å². The maximum Gasteiger partial charge on any atom is 0.249 e. The van der Waals surface area contributed by atoms with Gasteiger partial charge in [0.2, 0.25) is 17.7 Å². The summed E-state index contributed by atoms with van der Waals surface area (Å²) in [6.07, 6.45) is 4.70. The van der Waals surface area contributed by atoms with Crippen molar-refractivity contribution in [3.63, 3.8) is 0 Å². The van der Waals surface area contributed by atoms with E-state index in [-0.39, 0.29) is 24.3 Å². The van der Waals surface area contributed by atoms with Gasteiger partial charge >= 0.3 is 0 Å². The van der Waals surface area contributed by atoms with Crippen LogP contribution in [-0.4, -0.2) is 47.2 Å². The number of aromatic nitrogens is 1. The van der Waals surface area contributed by atoms with Crippen LogP contribution < -0.4 is 16.0 Å². The number of nitrogens with zero attached hydrogens (tertiary/aromatic N) is 2. The second-order valence-corrected chi connectivity index (χ2v) is 7.96. The number of carbonyl (C=O) groups excluding carboxylic acids is 3. The lowest BCUT2D eigenvalue weighted by atomic mass is 10.1. The lowest BCUT2D eigenvalue weighted by Crippen LogP contribution is -2.45. The zero-order valence-corrected chi connectivity index (χ0v) is 18.6. The number of likely N-dealkylation sites (N-methyl/N-ethyl adjacent to an activating group) is 1. The number of carbonyl (C=O) groups is 3. The highest BCUT2D eigenvalue weighted by molar-refractivity contribution is 6.00. The maximum absolute atomic E-state index is 12.6. The molecule has 9 heteroatoms. The van der Waals surface area contributed by atoms with Gasteiger partial charge in [0.1, 0.15) is 17.4 Å². The minimum Gasteiger partial charge on any atom is -0.459 e. The van der Waals surface area contributed by atoms with E-state index in [1.165, 1.54) is 13.0 Å². The van der Waals surface area contributed by atoms with Crippen LogP contribution in [0.15, 0.2) is 47.0 Å². The summed E-state index contributed by atoms with van der Waals surface area (Å²) in [5, 5.41) is 9.44. The fraction of sp³-hybridized carbons (Fsp3) is 0.250. The molecule has 3 heterocycles. The summed E-state index contributed by atoms with van der Waals surface area (Å²) in [4.78, 5) is 42.0. The number of nitrogens with one attached hydrogen (secondary N) is 3. The van der Waals surface area contributed by atoms with E-state index in [4.69, 9.17) is 4.42 Å². The van der Waals surface area contributed by atoms with E-state index in [2.05, 4.69) is 20.9 Å². The van der Waals surface area contributed by atoms with Crippen molar-refractivity contribution in [3.05, 3.63) is 59.5 Å². The second kappa shape index (κ2) is 9.15. The van der Waals surface area contributed by atoms with Gasteiger partial charge in [-0.25, -0.2) is 4.98 Å². The molecule has 3 aromatic rings. The van der Waals surface area contributed by atoms with Gasteiger partial charge in [0.05, 0.1) is 12.2 Å². The number of benzene rings is 1. The second-order valence-electron chi connectivity index (χ2n) is 7.96. The molecule has 1 aliphatic rings. The van der Waals surface area contributed by atoms with Crippen molar-refractivity contribution in [2.75, 3.05) is 24.2 Å². The number of furan rings is 1. The number of para-hydroxylation sites is 1. The number of amides is 3. The molecule has 0 aliphatic carbocycles. The van der Waals surface area contributed by atoms with Crippen molar-refractivity contribution in [1.29, 1.82) is 0 Å². The number of hydrogen-bond acceptors (Lipinski definition) is 6. The Kier molecular flexibility index (Phi) is 6.12. The molecular weight excluding hydrogens is 422 g/mol. The Bertz CT molecular complexity index is 1260. The van der Waals surface area contributed by atoms with Crippen LogP contribution in [-0.2, 0) is 20.9 Å². The van der Waals surface area contributed by atoms with Gasteiger partial charge in [-0.3, -0.25) is 14.4 Å². The molecule has 3 amide bonds. The Morgan fingerprint density at radius 1 is 1.33 bits per heavy atom. The van der Waals surface area contributed by atoms with Crippen LogP contribution in [0.3, 0.4) is 0 Å². The van der Waals surface area contributed by atoms with Crippen molar-refractivity contribution < 1.29 is 18.8 Å². The summed E-state index contributed by atoms with van der Waals surface area (Å²) in [6, 6.07) is 8.87. The molecule has 1 aromatic carbocycles. The highest BCUT2D eigenvalue weighted by atomic mass is 16.3. The molecule has 0 fully saturated rings. The first-order valence-electron chi connectivity index (χ1n) is 10.5. The highest BCUT2D eigenvalue weighted by Crippen LogP contribution is 2.26. The van der Waals surface area contributed by atoms with Crippen LogP contribution in [0, 0.1) is 6.92 Å². The molecular formula is C24H25N5O4. The number of pyridine rings is 1. The lowest BCUT2D eigenvalue weighted by Gasteiger charge is -2.14. The minimum absolute atomic E-state index is 0.184. The quantitative estimate of drug-likeness (QED) is 0.518. The fourth-order valence-electron chi connectivity index (χ4n) is 3.64. The summed E-state index contributed by atoms with van der Waals surface area (Å²) in [7, 11) is 1.72. The Hall–Kier alpha value is -4.14. The van der Waals surface area contributed by atoms with Gasteiger partial charge < -0.3 is 25.3 Å². The van der Waals surface area contributed by atoms with Crippen LogP contribution in [0.1, 0.15) is 23.8 Å². The molecule has 0 radical (unpaired) electrons. The highest BCUT2D eigenvalue weighted by Gasteiger charge is 2.24. The fourth-order valence-corrected chi connectivity index (χ4v) is 3.64. The lowest BCUT2D eigenvalue weighted by molar-refractivity contribution is -0.125. The SMILES string of the molecule is CC(=O)NC1CNc2cc(C=CC(=O)N(C)Cc3oc4ccccc4c3C)cnc2NC1=O. The van der Waals surface area contributed by atoms with Crippen molar-refractivity contribution in [1.82, 2.24) is 15.2 Å². The van der Waals surface area contributed by atoms with E-state index in [9.17, 15) is 14.4 Å². The third-order valence-corrected chi connectivity index (χ3v) is 5.46. The first kappa shape index (κ1) is 22.1. The van der Waals surface area contributed by atoms with Gasteiger partial charge in [-0.2, -0.15) is 0 Å². The van der Waals surface area contributed by atoms with Crippen LogP contribution >= 0.6 is 0 Å². The van der Waals surface area contributed by atoms with Gasteiger partial charge in [0, 0.05) is 43.7 Å². The Morgan fingerprint density at radius 2 is 2.12 bits per heavy atom. The van der Waals surface area contributed by atoms with Crippen molar-refractivity contribution in [2.24, 2.45) is 0 Å². The predicted octanol–water partition coefficient (Wildman–Crippen LogP) is 2.68. The van der Waals surface area contributed by atoms with Gasteiger partial charge in [0.25, 0.3) is 0 Å². The van der Waals surface area contributed by atoms with Crippen LogP contribution in [0.5, 0.6) is 0 Å². The first-order valence-corrected chi connectivity index (χ1v) is 10.5. The molecule has 0 spiro atoms. The van der Waals surface area contributed by atoms with Crippen LogP contribution in [0.25, 0.3) is 17.0 Å². The average Bonchev–Trinajstić information content (AvgIpc) is 3.01. The Balaban J connectivity index is 1.43. The predicted molar refractivity (Wildman–Crippen MR) is 125 cm³/mol. The summed E-state index contributed by atoms with van der Waals surface area (Å²) >= 11 is 0. The summed E-state index contributed by atoms with van der Waals surface area (Å²) < 4.78 is 5.90. The summed E-state index contributed by atoms with van der Waals surface area (Å²) in [5.74, 6) is 0.302. The van der Waals surface area contributed by atoms with Gasteiger partial charge in [-0.05, 0) is 30.7 Å². The standard InChI is InChI=1S/C24H25N5O4/c1-14-17-6-4-5-7-20(17)33-21(14)13-29(3)22(31)9-8-16-10-18-23(26-11-16)28-24(32)19(12-25-18)27-15(2)30/h4-11,19,25H,12-13H2,1-3H3,(H,27,30)(H,26,28,32). The number of rotatable bonds is 5. The van der Waals surface area contributed by atoms with Crippen molar-refractivity contribution in [2.45, 2.75) is 26.4 Å². The molecule has 0 saturated carbocycles. The van der Waals surface area contributed by atoms with Crippen molar-refractivity contribution in [3.8, 4) is 0 Å². The molecule has 33 heavy (non-hydrogen) atoms. The largest absolute Gasteiger partial charge is 0.459 e. The number of anilines is 2. The Labute approximate surface area is 190 Å². The number of fused-ring (bicyclic) bond motifs is 2. The average molecular weight is 447 g/mol. The smallest absolute Gasteiger partial charge is 0.249 e. The summed E-state index contributed by atoms with van der Waals surface area (Å²) in [5.41, 5.74) is 3.12. The molecule has 2 aromatic heterocycles. The normalized spacial score (nSPS) is 15.5. The molecule has 1 aliphatic heterocycles. The topological polar surface area (TPSA) is 117 Å².